The standard InChI is InChI=1S/C22H26N2O4S/c1-16-5-4-6-19(11-16)28-14-18(25)13-24-21-8-3-2-7-20(21)23-22(24)12-17-9-10-29(26,27)15-17/h2-8,11,17-18,25H,9-10,12-15H2,1H3/t17-,18+/m1/s1. The van der Waals surface area contributed by atoms with Gasteiger partial charge >= 0.3 is 0 Å². The number of rotatable bonds is 7. The zero-order chi connectivity index (χ0) is 20.4. The lowest BCUT2D eigenvalue weighted by Gasteiger charge is -2.17. The molecule has 2 atom stereocenters. The molecule has 0 radical (unpaired) electrons. The van der Waals surface area contributed by atoms with Crippen LogP contribution < -0.4 is 4.74 Å². The van der Waals surface area contributed by atoms with Crippen molar-refractivity contribution in [3.8, 4) is 5.75 Å². The van der Waals surface area contributed by atoms with E-state index < -0.39 is 15.9 Å². The first-order valence-corrected chi connectivity index (χ1v) is 11.7. The van der Waals surface area contributed by atoms with E-state index in [-0.39, 0.29) is 24.0 Å². The summed E-state index contributed by atoms with van der Waals surface area (Å²) in [6.07, 6.45) is 0.559. The summed E-state index contributed by atoms with van der Waals surface area (Å²) in [5.41, 5.74) is 2.90. The molecule has 7 heteroatoms. The summed E-state index contributed by atoms with van der Waals surface area (Å²) in [5, 5.41) is 10.6. The van der Waals surface area contributed by atoms with Crippen LogP contribution in [0.5, 0.6) is 5.75 Å². The zero-order valence-corrected chi connectivity index (χ0v) is 17.3. The number of sulfone groups is 1. The molecule has 0 bridgehead atoms. The summed E-state index contributed by atoms with van der Waals surface area (Å²) in [6.45, 7) is 2.52. The van der Waals surface area contributed by atoms with Crippen LogP contribution in [0, 0.1) is 12.8 Å². The number of aryl methyl sites for hydroxylation is 1. The van der Waals surface area contributed by atoms with E-state index in [2.05, 4.69) is 0 Å². The third-order valence-corrected chi connectivity index (χ3v) is 7.19. The second-order valence-corrected chi connectivity index (χ2v) is 10.1. The van der Waals surface area contributed by atoms with Crippen LogP contribution in [0.2, 0.25) is 0 Å². The van der Waals surface area contributed by atoms with Gasteiger partial charge in [-0.15, -0.1) is 0 Å². The molecule has 1 fully saturated rings. The zero-order valence-electron chi connectivity index (χ0n) is 16.5. The summed E-state index contributed by atoms with van der Waals surface area (Å²) in [6, 6.07) is 15.5. The van der Waals surface area contributed by atoms with Gasteiger partial charge in [-0.05, 0) is 49.1 Å². The molecule has 4 rings (SSSR count). The Labute approximate surface area is 171 Å². The highest BCUT2D eigenvalue weighted by molar-refractivity contribution is 7.91. The van der Waals surface area contributed by atoms with Crippen LogP contribution in [-0.4, -0.2) is 47.3 Å². The molecule has 3 aromatic rings. The van der Waals surface area contributed by atoms with Crippen molar-refractivity contribution in [2.24, 2.45) is 5.92 Å². The fourth-order valence-corrected chi connectivity index (χ4v) is 5.80. The Hall–Kier alpha value is -2.38. The Morgan fingerprint density at radius 2 is 2.07 bits per heavy atom. The van der Waals surface area contributed by atoms with Gasteiger partial charge < -0.3 is 14.4 Å². The number of aromatic nitrogens is 2. The maximum Gasteiger partial charge on any atom is 0.150 e. The van der Waals surface area contributed by atoms with Crippen LogP contribution in [0.4, 0.5) is 0 Å². The first-order chi connectivity index (χ1) is 13.9. The van der Waals surface area contributed by atoms with E-state index >= 15 is 0 Å². The van der Waals surface area contributed by atoms with Crippen LogP contribution in [0.3, 0.4) is 0 Å². The predicted octanol–water partition coefficient (Wildman–Crippen LogP) is 2.76. The molecule has 0 spiro atoms. The van der Waals surface area contributed by atoms with Crippen molar-refractivity contribution in [1.82, 2.24) is 9.55 Å². The van der Waals surface area contributed by atoms with E-state index in [1.54, 1.807) is 0 Å². The molecular formula is C22H26N2O4S. The molecule has 6 nitrogen and oxygen atoms in total. The normalized spacial score (nSPS) is 19.4. The lowest BCUT2D eigenvalue weighted by atomic mass is 10.1. The van der Waals surface area contributed by atoms with Crippen molar-refractivity contribution < 1.29 is 18.3 Å². The van der Waals surface area contributed by atoms with Gasteiger partial charge in [0.25, 0.3) is 0 Å². The van der Waals surface area contributed by atoms with Gasteiger partial charge in [0.15, 0.2) is 9.84 Å². The van der Waals surface area contributed by atoms with Crippen molar-refractivity contribution in [2.45, 2.75) is 32.4 Å². The fourth-order valence-electron chi connectivity index (χ4n) is 3.94. The van der Waals surface area contributed by atoms with E-state index in [0.717, 1.165) is 28.2 Å². The molecule has 154 valence electrons. The number of hydrogen-bond acceptors (Lipinski definition) is 5. The maximum atomic E-state index is 11.8. The summed E-state index contributed by atoms with van der Waals surface area (Å²) >= 11 is 0. The lowest BCUT2D eigenvalue weighted by molar-refractivity contribution is 0.0925. The van der Waals surface area contributed by atoms with E-state index in [4.69, 9.17) is 9.72 Å². The van der Waals surface area contributed by atoms with Crippen LogP contribution in [-0.2, 0) is 22.8 Å². The van der Waals surface area contributed by atoms with Crippen molar-refractivity contribution in [2.75, 3.05) is 18.1 Å². The molecule has 1 N–H and O–H groups in total. The number of imidazole rings is 1. The van der Waals surface area contributed by atoms with Gasteiger partial charge in [-0.3, -0.25) is 0 Å². The van der Waals surface area contributed by atoms with Crippen LogP contribution in [0.1, 0.15) is 17.8 Å². The summed E-state index contributed by atoms with van der Waals surface area (Å²) in [5.74, 6) is 2.11. The Balaban J connectivity index is 1.50. The fraction of sp³-hybridized carbons (Fsp3) is 0.409. The molecular weight excluding hydrogens is 388 g/mol. The average molecular weight is 415 g/mol. The quantitative estimate of drug-likeness (QED) is 0.643. The number of ether oxygens (including phenoxy) is 1. The van der Waals surface area contributed by atoms with Gasteiger partial charge in [0.2, 0.25) is 0 Å². The van der Waals surface area contributed by atoms with Crippen LogP contribution >= 0.6 is 0 Å². The van der Waals surface area contributed by atoms with E-state index in [0.29, 0.717) is 19.4 Å². The topological polar surface area (TPSA) is 81.4 Å². The van der Waals surface area contributed by atoms with Gasteiger partial charge in [-0.1, -0.05) is 24.3 Å². The number of aliphatic hydroxyl groups is 1. The van der Waals surface area contributed by atoms with E-state index in [9.17, 15) is 13.5 Å². The molecule has 29 heavy (non-hydrogen) atoms. The largest absolute Gasteiger partial charge is 0.491 e. The highest BCUT2D eigenvalue weighted by Crippen LogP contribution is 2.25. The third kappa shape index (κ3) is 4.79. The lowest BCUT2D eigenvalue weighted by Crippen LogP contribution is -2.25. The average Bonchev–Trinajstić information content (AvgIpc) is 3.20. The number of aliphatic hydroxyl groups excluding tert-OH is 1. The second-order valence-electron chi connectivity index (χ2n) is 7.88. The van der Waals surface area contributed by atoms with Crippen molar-refractivity contribution >= 4 is 20.9 Å². The monoisotopic (exact) mass is 414 g/mol. The Morgan fingerprint density at radius 1 is 1.24 bits per heavy atom. The SMILES string of the molecule is Cc1cccc(OC[C@@H](O)Cn2c(C[C@H]3CCS(=O)(=O)C3)nc3ccccc32)c1. The van der Waals surface area contributed by atoms with Crippen molar-refractivity contribution in [3.63, 3.8) is 0 Å². The molecule has 0 aliphatic carbocycles. The molecule has 1 aromatic heterocycles. The first kappa shape index (κ1) is 19.9. The summed E-state index contributed by atoms with van der Waals surface area (Å²) in [7, 11) is -2.93. The van der Waals surface area contributed by atoms with Crippen LogP contribution in [0.15, 0.2) is 48.5 Å². The minimum Gasteiger partial charge on any atom is -0.491 e. The predicted molar refractivity (Wildman–Crippen MR) is 113 cm³/mol. The molecule has 1 saturated heterocycles. The second kappa shape index (κ2) is 8.16. The van der Waals surface area contributed by atoms with E-state index in [1.807, 2.05) is 60.0 Å². The summed E-state index contributed by atoms with van der Waals surface area (Å²) < 4.78 is 31.4. The minimum absolute atomic E-state index is 0.0799. The molecule has 1 aliphatic heterocycles. The molecule has 0 unspecified atom stereocenters. The Morgan fingerprint density at radius 3 is 2.83 bits per heavy atom. The first-order valence-electron chi connectivity index (χ1n) is 9.92. The van der Waals surface area contributed by atoms with Crippen LogP contribution in [0.25, 0.3) is 11.0 Å². The molecule has 0 saturated carbocycles. The molecule has 2 heterocycles. The Bertz CT molecular complexity index is 1110. The number of para-hydroxylation sites is 2. The van der Waals surface area contributed by atoms with Gasteiger partial charge in [0, 0.05) is 6.42 Å². The summed E-state index contributed by atoms with van der Waals surface area (Å²) in [4.78, 5) is 4.72. The number of fused-ring (bicyclic) bond motifs is 1. The third-order valence-electron chi connectivity index (χ3n) is 5.36. The highest BCUT2D eigenvalue weighted by atomic mass is 32.2. The Kier molecular flexibility index (Phi) is 5.61. The highest BCUT2D eigenvalue weighted by Gasteiger charge is 2.29. The molecule has 1 aliphatic rings. The van der Waals surface area contributed by atoms with Gasteiger partial charge in [-0.2, -0.15) is 0 Å². The van der Waals surface area contributed by atoms with Crippen molar-refractivity contribution in [3.05, 3.63) is 59.9 Å². The number of nitrogens with zero attached hydrogens (tertiary/aromatic N) is 2. The van der Waals surface area contributed by atoms with E-state index in [1.165, 1.54) is 0 Å². The molecule has 0 amide bonds. The van der Waals surface area contributed by atoms with Gasteiger partial charge in [-0.25, -0.2) is 13.4 Å². The molecule has 2 aromatic carbocycles. The van der Waals surface area contributed by atoms with Gasteiger partial charge in [0.1, 0.15) is 24.3 Å². The van der Waals surface area contributed by atoms with Gasteiger partial charge in [0.05, 0.1) is 29.1 Å². The van der Waals surface area contributed by atoms with Crippen molar-refractivity contribution in [1.29, 1.82) is 0 Å². The smallest absolute Gasteiger partial charge is 0.150 e. The number of benzene rings is 2. The number of hydrogen-bond donors (Lipinski definition) is 1. The maximum absolute atomic E-state index is 11.8. The minimum atomic E-state index is -2.93.